The summed E-state index contributed by atoms with van der Waals surface area (Å²) in [6.07, 6.45) is 1.86. The van der Waals surface area contributed by atoms with Gasteiger partial charge >= 0.3 is 0 Å². The average molecular weight is 405 g/mol. The number of benzene rings is 3. The Hall–Kier alpha value is -3.15. The first-order valence-electron chi connectivity index (χ1n) is 9.45. The van der Waals surface area contributed by atoms with Gasteiger partial charge in [-0.05, 0) is 36.4 Å². The SMILES string of the molecule is Clc1ccccc1[C@@H]1Oc2ccccc2[C@@H]2C=C(c3ccc4c(c3)OCO4)NN21. The number of hydrogen-bond acceptors (Lipinski definition) is 5. The van der Waals surface area contributed by atoms with Gasteiger partial charge in [-0.2, -0.15) is 5.01 Å². The zero-order valence-electron chi connectivity index (χ0n) is 15.3. The lowest BCUT2D eigenvalue weighted by Crippen LogP contribution is -2.43. The zero-order valence-corrected chi connectivity index (χ0v) is 16.1. The van der Waals surface area contributed by atoms with Crippen LogP contribution in [0.1, 0.15) is 29.0 Å². The van der Waals surface area contributed by atoms with Gasteiger partial charge in [0.2, 0.25) is 6.79 Å². The van der Waals surface area contributed by atoms with Crippen LogP contribution in [0.15, 0.2) is 72.8 Å². The van der Waals surface area contributed by atoms with Crippen molar-refractivity contribution in [1.29, 1.82) is 0 Å². The Morgan fingerprint density at radius 3 is 2.55 bits per heavy atom. The van der Waals surface area contributed by atoms with Crippen LogP contribution in [-0.2, 0) is 0 Å². The van der Waals surface area contributed by atoms with Crippen molar-refractivity contribution < 1.29 is 14.2 Å². The predicted octanol–water partition coefficient (Wildman–Crippen LogP) is 5.06. The van der Waals surface area contributed by atoms with Gasteiger partial charge in [0, 0.05) is 21.7 Å². The molecule has 3 aromatic rings. The fourth-order valence-corrected chi connectivity index (χ4v) is 4.28. The molecule has 0 fully saturated rings. The van der Waals surface area contributed by atoms with Gasteiger partial charge in [0.05, 0.1) is 11.7 Å². The van der Waals surface area contributed by atoms with Crippen LogP contribution in [0, 0.1) is 0 Å². The van der Waals surface area contributed by atoms with Gasteiger partial charge in [-0.15, -0.1) is 0 Å². The van der Waals surface area contributed by atoms with E-state index in [0.717, 1.165) is 39.6 Å². The Labute approximate surface area is 173 Å². The van der Waals surface area contributed by atoms with Crippen LogP contribution in [0.5, 0.6) is 17.2 Å². The van der Waals surface area contributed by atoms with Gasteiger partial charge in [0.15, 0.2) is 17.7 Å². The lowest BCUT2D eigenvalue weighted by atomic mass is 10.0. The van der Waals surface area contributed by atoms with E-state index in [1.165, 1.54) is 0 Å². The van der Waals surface area contributed by atoms with Crippen LogP contribution < -0.4 is 19.6 Å². The molecule has 0 saturated heterocycles. The molecule has 0 bridgehead atoms. The molecule has 0 amide bonds. The minimum Gasteiger partial charge on any atom is -0.469 e. The molecule has 1 N–H and O–H groups in total. The summed E-state index contributed by atoms with van der Waals surface area (Å²) in [5.74, 6) is 2.39. The fourth-order valence-electron chi connectivity index (χ4n) is 4.05. The van der Waals surface area contributed by atoms with E-state index < -0.39 is 0 Å². The molecule has 3 aliphatic heterocycles. The maximum Gasteiger partial charge on any atom is 0.231 e. The Morgan fingerprint density at radius 1 is 0.862 bits per heavy atom. The van der Waals surface area contributed by atoms with E-state index in [1.54, 1.807) is 0 Å². The molecule has 144 valence electrons. The predicted molar refractivity (Wildman–Crippen MR) is 110 cm³/mol. The Balaban J connectivity index is 1.44. The maximum absolute atomic E-state index is 6.51. The quantitative estimate of drug-likeness (QED) is 0.646. The van der Waals surface area contributed by atoms with Gasteiger partial charge in [-0.3, -0.25) is 0 Å². The van der Waals surface area contributed by atoms with E-state index in [-0.39, 0.29) is 19.1 Å². The highest BCUT2D eigenvalue weighted by Gasteiger charge is 2.40. The summed E-state index contributed by atoms with van der Waals surface area (Å²) in [5, 5.41) is 2.78. The first-order chi connectivity index (χ1) is 14.3. The number of nitrogens with one attached hydrogen (secondary N) is 1. The van der Waals surface area contributed by atoms with Crippen molar-refractivity contribution in [1.82, 2.24) is 10.4 Å². The van der Waals surface area contributed by atoms with Gasteiger partial charge in [-0.1, -0.05) is 48.0 Å². The molecule has 6 heteroatoms. The summed E-state index contributed by atoms with van der Waals surface area (Å²) in [6.45, 7) is 0.260. The van der Waals surface area contributed by atoms with Crippen molar-refractivity contribution >= 4 is 17.3 Å². The molecule has 3 heterocycles. The first-order valence-corrected chi connectivity index (χ1v) is 9.82. The second-order valence-electron chi connectivity index (χ2n) is 7.14. The molecule has 29 heavy (non-hydrogen) atoms. The summed E-state index contributed by atoms with van der Waals surface area (Å²) in [5.41, 5.74) is 7.58. The molecule has 0 saturated carbocycles. The lowest BCUT2D eigenvalue weighted by molar-refractivity contribution is -0.0325. The standard InChI is InChI=1S/C23H17ClN2O3/c24-17-7-3-1-5-15(17)23-26-19(16-6-2-4-8-20(16)29-23)12-18(25-26)14-9-10-21-22(11-14)28-13-27-21/h1-12,19,23,25H,13H2/t19-,23-/m0/s1. The normalized spacial score (nSPS) is 21.6. The van der Waals surface area contributed by atoms with E-state index in [2.05, 4.69) is 22.6 Å². The lowest BCUT2D eigenvalue weighted by Gasteiger charge is -2.39. The highest BCUT2D eigenvalue weighted by molar-refractivity contribution is 6.31. The molecule has 0 aromatic heterocycles. The topological polar surface area (TPSA) is 43.0 Å². The number of para-hydroxylation sites is 1. The number of hydrazine groups is 1. The Morgan fingerprint density at radius 2 is 1.66 bits per heavy atom. The molecule has 3 aliphatic rings. The van der Waals surface area contributed by atoms with E-state index >= 15 is 0 Å². The van der Waals surface area contributed by atoms with E-state index in [9.17, 15) is 0 Å². The van der Waals surface area contributed by atoms with Crippen LogP contribution in [0.2, 0.25) is 5.02 Å². The maximum atomic E-state index is 6.51. The van der Waals surface area contributed by atoms with Crippen LogP contribution in [0.25, 0.3) is 5.70 Å². The number of fused-ring (bicyclic) bond motifs is 4. The first kappa shape index (κ1) is 16.8. The third kappa shape index (κ3) is 2.66. The number of hydrogen-bond donors (Lipinski definition) is 1. The highest BCUT2D eigenvalue weighted by atomic mass is 35.5. The minimum absolute atomic E-state index is 0.0154. The number of rotatable bonds is 2. The third-order valence-corrected chi connectivity index (χ3v) is 5.80. The van der Waals surface area contributed by atoms with Crippen molar-refractivity contribution in [3.63, 3.8) is 0 Å². The van der Waals surface area contributed by atoms with Gasteiger partial charge in [0.25, 0.3) is 0 Å². The summed E-state index contributed by atoms with van der Waals surface area (Å²) < 4.78 is 17.4. The number of halogens is 1. The average Bonchev–Trinajstić information content (AvgIpc) is 3.40. The molecule has 0 radical (unpaired) electrons. The second-order valence-corrected chi connectivity index (χ2v) is 7.55. The highest BCUT2D eigenvalue weighted by Crippen LogP contribution is 2.47. The summed E-state index contributed by atoms with van der Waals surface area (Å²) in [7, 11) is 0. The molecule has 0 unspecified atom stereocenters. The second kappa shape index (κ2) is 6.44. The van der Waals surface area contributed by atoms with Crippen molar-refractivity contribution in [2.75, 3.05) is 6.79 Å². The largest absolute Gasteiger partial charge is 0.469 e. The molecule has 3 aromatic carbocycles. The zero-order chi connectivity index (χ0) is 19.4. The van der Waals surface area contributed by atoms with Crippen molar-refractivity contribution in [3.05, 3.63) is 94.5 Å². The molecule has 2 atom stereocenters. The van der Waals surface area contributed by atoms with Crippen LogP contribution in [0.4, 0.5) is 0 Å². The summed E-state index contributed by atoms with van der Waals surface area (Å²) in [4.78, 5) is 0. The molecule has 6 rings (SSSR count). The molecule has 0 aliphatic carbocycles. The van der Waals surface area contributed by atoms with E-state index in [0.29, 0.717) is 5.02 Å². The van der Waals surface area contributed by atoms with Crippen molar-refractivity contribution in [2.45, 2.75) is 12.3 Å². The molecule has 0 spiro atoms. The Bertz CT molecular complexity index is 1150. The van der Waals surface area contributed by atoms with Crippen molar-refractivity contribution in [2.24, 2.45) is 0 Å². The molecular weight excluding hydrogens is 388 g/mol. The number of nitrogens with zero attached hydrogens (tertiary/aromatic N) is 1. The van der Waals surface area contributed by atoms with Crippen LogP contribution >= 0.6 is 11.6 Å². The monoisotopic (exact) mass is 404 g/mol. The van der Waals surface area contributed by atoms with Gasteiger partial charge < -0.3 is 19.6 Å². The van der Waals surface area contributed by atoms with E-state index in [1.807, 2.05) is 60.7 Å². The fraction of sp³-hybridized carbons (Fsp3) is 0.130. The van der Waals surface area contributed by atoms with Gasteiger partial charge in [-0.25, -0.2) is 0 Å². The van der Waals surface area contributed by atoms with Crippen LogP contribution in [-0.4, -0.2) is 11.8 Å². The van der Waals surface area contributed by atoms with Crippen molar-refractivity contribution in [3.8, 4) is 17.2 Å². The van der Waals surface area contributed by atoms with Crippen LogP contribution in [0.3, 0.4) is 0 Å². The smallest absolute Gasteiger partial charge is 0.231 e. The third-order valence-electron chi connectivity index (χ3n) is 5.46. The van der Waals surface area contributed by atoms with E-state index in [4.69, 9.17) is 25.8 Å². The minimum atomic E-state index is -0.355. The Kier molecular flexibility index (Phi) is 3.72. The van der Waals surface area contributed by atoms with Gasteiger partial charge in [0.1, 0.15) is 5.75 Å². The number of ether oxygens (including phenoxy) is 3. The summed E-state index contributed by atoms with van der Waals surface area (Å²) in [6, 6.07) is 21.9. The molecule has 5 nitrogen and oxygen atoms in total. The summed E-state index contributed by atoms with van der Waals surface area (Å²) >= 11 is 6.51. The molecular formula is C23H17ClN2O3.